The molecular formula is C17H25N5O. The number of nitrogens with one attached hydrogen (secondary N) is 2. The zero-order chi connectivity index (χ0) is 16.7. The first-order valence-electron chi connectivity index (χ1n) is 7.63. The molecular weight excluding hydrogens is 290 g/mol. The zero-order valence-electron chi connectivity index (χ0n) is 14.2. The molecule has 124 valence electrons. The summed E-state index contributed by atoms with van der Waals surface area (Å²) in [4.78, 5) is 4.23. The third kappa shape index (κ3) is 5.10. The van der Waals surface area contributed by atoms with E-state index in [-0.39, 0.29) is 5.60 Å². The van der Waals surface area contributed by atoms with E-state index < -0.39 is 0 Å². The Morgan fingerprint density at radius 3 is 2.78 bits per heavy atom. The van der Waals surface area contributed by atoms with Crippen molar-refractivity contribution < 1.29 is 4.74 Å². The average molecular weight is 315 g/mol. The van der Waals surface area contributed by atoms with Gasteiger partial charge < -0.3 is 15.4 Å². The first kappa shape index (κ1) is 17.0. The first-order valence-corrected chi connectivity index (χ1v) is 7.63. The molecule has 0 aliphatic carbocycles. The molecule has 0 saturated carbocycles. The predicted molar refractivity (Wildman–Crippen MR) is 92.9 cm³/mol. The lowest BCUT2D eigenvalue weighted by Gasteiger charge is -2.24. The zero-order valence-corrected chi connectivity index (χ0v) is 14.2. The van der Waals surface area contributed by atoms with Gasteiger partial charge in [0.1, 0.15) is 0 Å². The van der Waals surface area contributed by atoms with E-state index in [9.17, 15) is 0 Å². The smallest absolute Gasteiger partial charge is 0.191 e. The third-order valence-electron chi connectivity index (χ3n) is 3.60. The lowest BCUT2D eigenvalue weighted by molar-refractivity contribution is 0.0268. The number of nitrogens with zero attached hydrogens (tertiary/aromatic N) is 3. The Bertz CT molecular complexity index is 634. The molecule has 2 rings (SSSR count). The Morgan fingerprint density at radius 2 is 2.13 bits per heavy atom. The molecule has 6 heteroatoms. The molecule has 0 aliphatic heterocycles. The molecule has 0 spiro atoms. The predicted octanol–water partition coefficient (Wildman–Crippen LogP) is 1.96. The molecule has 0 saturated heterocycles. The van der Waals surface area contributed by atoms with E-state index in [0.717, 1.165) is 17.2 Å². The van der Waals surface area contributed by atoms with Crippen LogP contribution in [0.3, 0.4) is 0 Å². The Hall–Kier alpha value is -2.34. The molecule has 0 unspecified atom stereocenters. The highest BCUT2D eigenvalue weighted by atomic mass is 16.5. The number of rotatable bonds is 6. The van der Waals surface area contributed by atoms with Gasteiger partial charge in [0.25, 0.3) is 0 Å². The minimum absolute atomic E-state index is 0.238. The van der Waals surface area contributed by atoms with Gasteiger partial charge in [-0.05, 0) is 37.6 Å². The first-order chi connectivity index (χ1) is 11.0. The van der Waals surface area contributed by atoms with Crippen molar-refractivity contribution in [1.82, 2.24) is 20.4 Å². The molecule has 1 aromatic heterocycles. The molecule has 0 bridgehead atoms. The van der Waals surface area contributed by atoms with Gasteiger partial charge in [0, 0.05) is 39.6 Å². The highest BCUT2D eigenvalue weighted by molar-refractivity contribution is 5.79. The highest BCUT2D eigenvalue weighted by Gasteiger charge is 2.16. The number of hydrogen-bond donors (Lipinski definition) is 2. The van der Waals surface area contributed by atoms with Crippen LogP contribution in [-0.4, -0.2) is 42.0 Å². The van der Waals surface area contributed by atoms with Crippen molar-refractivity contribution in [1.29, 1.82) is 0 Å². The fourth-order valence-corrected chi connectivity index (χ4v) is 2.01. The van der Waals surface area contributed by atoms with Crippen LogP contribution < -0.4 is 10.6 Å². The molecule has 6 nitrogen and oxygen atoms in total. The fourth-order valence-electron chi connectivity index (χ4n) is 2.01. The highest BCUT2D eigenvalue weighted by Crippen LogP contribution is 2.09. The van der Waals surface area contributed by atoms with Crippen molar-refractivity contribution in [3.8, 4) is 5.69 Å². The average Bonchev–Trinajstić information content (AvgIpc) is 3.10. The number of hydrogen-bond acceptors (Lipinski definition) is 3. The Morgan fingerprint density at radius 1 is 1.30 bits per heavy atom. The second-order valence-electron chi connectivity index (χ2n) is 5.86. The van der Waals surface area contributed by atoms with Crippen LogP contribution in [0.15, 0.2) is 47.7 Å². The molecule has 2 aromatic rings. The van der Waals surface area contributed by atoms with Crippen LogP contribution in [0.2, 0.25) is 0 Å². The largest absolute Gasteiger partial charge is 0.377 e. The molecule has 1 heterocycles. The van der Waals surface area contributed by atoms with Crippen LogP contribution in [0.1, 0.15) is 19.4 Å². The van der Waals surface area contributed by atoms with Gasteiger partial charge in [-0.2, -0.15) is 5.10 Å². The van der Waals surface area contributed by atoms with E-state index in [4.69, 9.17) is 4.74 Å². The topological polar surface area (TPSA) is 63.5 Å². The summed E-state index contributed by atoms with van der Waals surface area (Å²) in [7, 11) is 3.47. The lowest BCUT2D eigenvalue weighted by Crippen LogP contribution is -2.45. The Kier molecular flexibility index (Phi) is 5.76. The summed E-state index contributed by atoms with van der Waals surface area (Å²) in [5.41, 5.74) is 1.96. The molecule has 0 atom stereocenters. The van der Waals surface area contributed by atoms with Crippen LogP contribution in [0.5, 0.6) is 0 Å². The van der Waals surface area contributed by atoms with Crippen LogP contribution >= 0.6 is 0 Å². The van der Waals surface area contributed by atoms with E-state index in [1.54, 1.807) is 20.4 Å². The lowest BCUT2D eigenvalue weighted by atomic mass is 10.1. The normalized spacial score (nSPS) is 12.3. The van der Waals surface area contributed by atoms with Crippen molar-refractivity contribution in [2.45, 2.75) is 26.0 Å². The number of ether oxygens (including phenoxy) is 1. The molecule has 0 radical (unpaired) electrons. The summed E-state index contributed by atoms with van der Waals surface area (Å²) < 4.78 is 7.24. The molecule has 2 N–H and O–H groups in total. The van der Waals surface area contributed by atoms with Gasteiger partial charge >= 0.3 is 0 Å². The van der Waals surface area contributed by atoms with Crippen molar-refractivity contribution in [3.63, 3.8) is 0 Å². The fraction of sp³-hybridized carbons (Fsp3) is 0.412. The SMILES string of the molecule is CN=C(NCc1cccc(-n2cccn2)c1)NCC(C)(C)OC. The summed E-state index contributed by atoms with van der Waals surface area (Å²) in [5.74, 6) is 0.750. The van der Waals surface area contributed by atoms with Crippen molar-refractivity contribution in [3.05, 3.63) is 48.3 Å². The number of guanidine groups is 1. The number of aliphatic imine (C=N–C) groups is 1. The van der Waals surface area contributed by atoms with E-state index in [1.165, 1.54) is 0 Å². The second kappa shape index (κ2) is 7.78. The Balaban J connectivity index is 1.93. The molecule has 23 heavy (non-hydrogen) atoms. The van der Waals surface area contributed by atoms with Gasteiger partial charge in [-0.3, -0.25) is 4.99 Å². The molecule has 0 aliphatic rings. The number of methoxy groups -OCH3 is 1. The standard InChI is InChI=1S/C17H25N5O/c1-17(2,23-4)13-20-16(18-3)19-12-14-7-5-8-15(11-14)22-10-6-9-21-22/h5-11H,12-13H2,1-4H3,(H2,18,19,20). The van der Waals surface area contributed by atoms with Gasteiger partial charge in [0.15, 0.2) is 5.96 Å². The summed E-state index contributed by atoms with van der Waals surface area (Å²) in [6.07, 6.45) is 3.70. The molecule has 0 fully saturated rings. The maximum absolute atomic E-state index is 5.40. The summed E-state index contributed by atoms with van der Waals surface area (Å²) in [6, 6.07) is 10.1. The summed E-state index contributed by atoms with van der Waals surface area (Å²) in [5, 5.41) is 10.8. The van der Waals surface area contributed by atoms with E-state index in [0.29, 0.717) is 13.1 Å². The molecule has 0 amide bonds. The van der Waals surface area contributed by atoms with E-state index in [1.807, 2.05) is 42.9 Å². The van der Waals surface area contributed by atoms with Crippen molar-refractivity contribution in [2.75, 3.05) is 20.7 Å². The van der Waals surface area contributed by atoms with Crippen molar-refractivity contribution >= 4 is 5.96 Å². The van der Waals surface area contributed by atoms with Crippen LogP contribution in [0, 0.1) is 0 Å². The van der Waals surface area contributed by atoms with Gasteiger partial charge in [-0.25, -0.2) is 4.68 Å². The van der Waals surface area contributed by atoms with Gasteiger partial charge in [-0.1, -0.05) is 12.1 Å². The summed E-state index contributed by atoms with van der Waals surface area (Å²) >= 11 is 0. The second-order valence-corrected chi connectivity index (χ2v) is 5.86. The quantitative estimate of drug-likeness (QED) is 0.632. The van der Waals surface area contributed by atoms with E-state index >= 15 is 0 Å². The third-order valence-corrected chi connectivity index (χ3v) is 3.60. The van der Waals surface area contributed by atoms with E-state index in [2.05, 4.69) is 32.9 Å². The summed E-state index contributed by atoms with van der Waals surface area (Å²) in [6.45, 7) is 5.42. The minimum Gasteiger partial charge on any atom is -0.377 e. The minimum atomic E-state index is -0.238. The van der Waals surface area contributed by atoms with Gasteiger partial charge in [-0.15, -0.1) is 0 Å². The monoisotopic (exact) mass is 315 g/mol. The van der Waals surface area contributed by atoms with Crippen LogP contribution in [-0.2, 0) is 11.3 Å². The van der Waals surface area contributed by atoms with Crippen LogP contribution in [0.4, 0.5) is 0 Å². The molecule has 1 aromatic carbocycles. The van der Waals surface area contributed by atoms with Crippen molar-refractivity contribution in [2.24, 2.45) is 4.99 Å². The number of aromatic nitrogens is 2. The maximum atomic E-state index is 5.40. The number of benzene rings is 1. The maximum Gasteiger partial charge on any atom is 0.191 e. The van der Waals surface area contributed by atoms with Gasteiger partial charge in [0.2, 0.25) is 0 Å². The van der Waals surface area contributed by atoms with Gasteiger partial charge in [0.05, 0.1) is 11.3 Å². The Labute approximate surface area is 137 Å². The van der Waals surface area contributed by atoms with Crippen LogP contribution in [0.25, 0.3) is 5.69 Å².